The van der Waals surface area contributed by atoms with Gasteiger partial charge < -0.3 is 10.6 Å². The van der Waals surface area contributed by atoms with E-state index in [4.69, 9.17) is 0 Å². The maximum absolute atomic E-state index is 12.2. The van der Waals surface area contributed by atoms with Crippen molar-refractivity contribution >= 4 is 23.5 Å². The first-order valence-corrected chi connectivity index (χ1v) is 9.78. The SMILES string of the molecule is CSc1ccc(NC(=O)N[C@H]2CCCN(Cc3cccnc3)C2)cc1. The van der Waals surface area contributed by atoms with Crippen LogP contribution in [0.4, 0.5) is 10.5 Å². The zero-order valence-corrected chi connectivity index (χ0v) is 15.3. The number of thioether (sulfide) groups is 1. The summed E-state index contributed by atoms with van der Waals surface area (Å²) in [7, 11) is 0. The number of carbonyl (C=O) groups excluding carboxylic acids is 1. The Morgan fingerprint density at radius 2 is 2.16 bits per heavy atom. The summed E-state index contributed by atoms with van der Waals surface area (Å²) in [4.78, 5) is 20.0. The smallest absolute Gasteiger partial charge is 0.319 e. The van der Waals surface area contributed by atoms with Crippen molar-refractivity contribution in [3.8, 4) is 0 Å². The molecular weight excluding hydrogens is 332 g/mol. The minimum absolute atomic E-state index is 0.134. The molecule has 3 rings (SSSR count). The normalized spacial score (nSPS) is 17.9. The minimum atomic E-state index is -0.134. The molecule has 0 bridgehead atoms. The summed E-state index contributed by atoms with van der Waals surface area (Å²) in [6.07, 6.45) is 7.84. The van der Waals surface area contributed by atoms with Crippen LogP contribution in [0.3, 0.4) is 0 Å². The molecule has 2 N–H and O–H groups in total. The predicted molar refractivity (Wildman–Crippen MR) is 103 cm³/mol. The highest BCUT2D eigenvalue weighted by Gasteiger charge is 2.21. The number of nitrogens with zero attached hydrogens (tertiary/aromatic N) is 2. The molecule has 1 aromatic carbocycles. The Labute approximate surface area is 153 Å². The number of anilines is 1. The lowest BCUT2D eigenvalue weighted by molar-refractivity contribution is 0.183. The first-order chi connectivity index (χ1) is 12.2. The van der Waals surface area contributed by atoms with Gasteiger partial charge >= 0.3 is 6.03 Å². The molecule has 132 valence electrons. The van der Waals surface area contributed by atoms with Crippen LogP contribution < -0.4 is 10.6 Å². The summed E-state index contributed by atoms with van der Waals surface area (Å²) in [6, 6.07) is 12.0. The molecule has 0 unspecified atom stereocenters. The summed E-state index contributed by atoms with van der Waals surface area (Å²) in [6.45, 7) is 2.81. The summed E-state index contributed by atoms with van der Waals surface area (Å²) >= 11 is 1.69. The fraction of sp³-hybridized carbons (Fsp3) is 0.368. The van der Waals surface area contributed by atoms with Gasteiger partial charge in [-0.25, -0.2) is 4.79 Å². The molecule has 2 amide bonds. The van der Waals surface area contributed by atoms with Crippen molar-refractivity contribution in [2.45, 2.75) is 30.3 Å². The Morgan fingerprint density at radius 3 is 2.88 bits per heavy atom. The zero-order chi connectivity index (χ0) is 17.5. The highest BCUT2D eigenvalue weighted by molar-refractivity contribution is 7.98. The molecule has 0 saturated carbocycles. The van der Waals surface area contributed by atoms with Gasteiger partial charge in [0.1, 0.15) is 0 Å². The third-order valence-corrected chi connectivity index (χ3v) is 5.06. The van der Waals surface area contributed by atoms with Crippen molar-refractivity contribution in [2.24, 2.45) is 0 Å². The quantitative estimate of drug-likeness (QED) is 0.804. The monoisotopic (exact) mass is 356 g/mol. The Morgan fingerprint density at radius 1 is 1.32 bits per heavy atom. The third kappa shape index (κ3) is 5.47. The van der Waals surface area contributed by atoms with Crippen molar-refractivity contribution in [1.29, 1.82) is 0 Å². The molecule has 0 spiro atoms. The van der Waals surface area contributed by atoms with E-state index in [-0.39, 0.29) is 12.1 Å². The lowest BCUT2D eigenvalue weighted by atomic mass is 10.1. The molecule has 1 fully saturated rings. The van der Waals surface area contributed by atoms with Crippen LogP contribution in [0, 0.1) is 0 Å². The molecule has 1 aliphatic rings. The topological polar surface area (TPSA) is 57.3 Å². The van der Waals surface area contributed by atoms with E-state index in [1.807, 2.05) is 42.8 Å². The third-order valence-electron chi connectivity index (χ3n) is 4.32. The maximum atomic E-state index is 12.2. The van der Waals surface area contributed by atoms with E-state index in [0.717, 1.165) is 38.2 Å². The molecule has 1 aromatic heterocycles. The number of rotatable bonds is 5. The van der Waals surface area contributed by atoms with Gasteiger partial charge in [-0.3, -0.25) is 9.88 Å². The molecule has 6 heteroatoms. The van der Waals surface area contributed by atoms with E-state index in [9.17, 15) is 4.79 Å². The van der Waals surface area contributed by atoms with Gasteiger partial charge in [-0.15, -0.1) is 11.8 Å². The second kappa shape index (κ2) is 8.87. The van der Waals surface area contributed by atoms with Gasteiger partial charge in [0.05, 0.1) is 0 Å². The Hall–Kier alpha value is -2.05. The van der Waals surface area contributed by atoms with Gasteiger partial charge in [0.2, 0.25) is 0 Å². The van der Waals surface area contributed by atoms with Crippen molar-refractivity contribution < 1.29 is 4.79 Å². The van der Waals surface area contributed by atoms with Crippen LogP contribution in [0.15, 0.2) is 53.7 Å². The Bertz CT molecular complexity index is 678. The fourth-order valence-corrected chi connectivity index (χ4v) is 3.50. The number of hydrogen-bond donors (Lipinski definition) is 2. The number of benzene rings is 1. The summed E-state index contributed by atoms with van der Waals surface area (Å²) < 4.78 is 0. The van der Waals surface area contributed by atoms with E-state index >= 15 is 0 Å². The summed E-state index contributed by atoms with van der Waals surface area (Å²) in [5, 5.41) is 6.02. The number of piperidine rings is 1. The van der Waals surface area contributed by atoms with E-state index in [0.29, 0.717) is 0 Å². The number of likely N-dealkylation sites (tertiary alicyclic amines) is 1. The van der Waals surface area contributed by atoms with Gasteiger partial charge in [-0.2, -0.15) is 0 Å². The van der Waals surface area contributed by atoms with Crippen LogP contribution in [0.2, 0.25) is 0 Å². The van der Waals surface area contributed by atoms with E-state index in [2.05, 4.69) is 26.6 Å². The molecule has 1 atom stereocenters. The number of aromatic nitrogens is 1. The average Bonchev–Trinajstić information content (AvgIpc) is 2.63. The predicted octanol–water partition coefficient (Wildman–Crippen LogP) is 3.59. The molecule has 2 aromatic rings. The van der Waals surface area contributed by atoms with Crippen LogP contribution in [0.5, 0.6) is 0 Å². The highest BCUT2D eigenvalue weighted by Crippen LogP contribution is 2.18. The van der Waals surface area contributed by atoms with Crippen molar-refractivity contribution in [3.63, 3.8) is 0 Å². The molecular formula is C19H24N4OS. The highest BCUT2D eigenvalue weighted by atomic mass is 32.2. The first-order valence-electron chi connectivity index (χ1n) is 8.56. The fourth-order valence-electron chi connectivity index (χ4n) is 3.09. The van der Waals surface area contributed by atoms with Crippen LogP contribution >= 0.6 is 11.8 Å². The molecule has 1 aliphatic heterocycles. The van der Waals surface area contributed by atoms with Crippen molar-refractivity contribution in [3.05, 3.63) is 54.4 Å². The number of hydrogen-bond acceptors (Lipinski definition) is 4. The average molecular weight is 356 g/mol. The molecule has 1 saturated heterocycles. The summed E-state index contributed by atoms with van der Waals surface area (Å²) in [5.41, 5.74) is 2.03. The largest absolute Gasteiger partial charge is 0.334 e. The van der Waals surface area contributed by atoms with E-state index < -0.39 is 0 Å². The van der Waals surface area contributed by atoms with Gasteiger partial charge in [-0.05, 0) is 61.5 Å². The van der Waals surface area contributed by atoms with Gasteiger partial charge in [0.15, 0.2) is 0 Å². The first kappa shape index (κ1) is 17.8. The number of nitrogens with one attached hydrogen (secondary N) is 2. The number of urea groups is 1. The van der Waals surface area contributed by atoms with Gasteiger partial charge in [0.25, 0.3) is 0 Å². The summed E-state index contributed by atoms with van der Waals surface area (Å²) in [5.74, 6) is 0. The second-order valence-electron chi connectivity index (χ2n) is 6.26. The van der Waals surface area contributed by atoms with Crippen molar-refractivity contribution in [2.75, 3.05) is 24.7 Å². The van der Waals surface area contributed by atoms with E-state index in [1.54, 1.807) is 18.0 Å². The molecule has 5 nitrogen and oxygen atoms in total. The van der Waals surface area contributed by atoms with E-state index in [1.165, 1.54) is 10.5 Å². The number of amides is 2. The van der Waals surface area contributed by atoms with Gasteiger partial charge in [-0.1, -0.05) is 6.07 Å². The van der Waals surface area contributed by atoms with Crippen LogP contribution in [0.1, 0.15) is 18.4 Å². The molecule has 2 heterocycles. The molecule has 0 radical (unpaired) electrons. The van der Waals surface area contributed by atoms with Crippen molar-refractivity contribution in [1.82, 2.24) is 15.2 Å². The van der Waals surface area contributed by atoms with Crippen LogP contribution in [-0.4, -0.2) is 41.3 Å². The minimum Gasteiger partial charge on any atom is -0.334 e. The van der Waals surface area contributed by atoms with Crippen LogP contribution in [0.25, 0.3) is 0 Å². The number of pyridine rings is 1. The Kier molecular flexibility index (Phi) is 6.30. The lowest BCUT2D eigenvalue weighted by Crippen LogP contribution is -2.48. The maximum Gasteiger partial charge on any atom is 0.319 e. The lowest BCUT2D eigenvalue weighted by Gasteiger charge is -2.33. The van der Waals surface area contributed by atoms with Crippen LogP contribution in [-0.2, 0) is 6.54 Å². The number of carbonyl (C=O) groups is 1. The Balaban J connectivity index is 1.48. The van der Waals surface area contributed by atoms with Gasteiger partial charge in [0, 0.05) is 42.1 Å². The molecule has 0 aliphatic carbocycles. The second-order valence-corrected chi connectivity index (χ2v) is 7.14. The standard InChI is InChI=1S/C19H24N4OS/c1-25-18-8-6-16(7-9-18)21-19(24)22-17-5-3-11-23(14-17)13-15-4-2-10-20-12-15/h2,4,6-10,12,17H,3,5,11,13-14H2,1H3,(H2,21,22,24)/t17-/m0/s1. The molecule has 25 heavy (non-hydrogen) atoms. The zero-order valence-electron chi connectivity index (χ0n) is 14.4.